The first-order valence-electron chi connectivity index (χ1n) is 6.80. The van der Waals surface area contributed by atoms with E-state index >= 15 is 0 Å². The molecule has 0 aromatic heterocycles. The molecule has 0 fully saturated rings. The third-order valence-electron chi connectivity index (χ3n) is 3.62. The Morgan fingerprint density at radius 2 is 1.45 bits per heavy atom. The second kappa shape index (κ2) is 5.71. The van der Waals surface area contributed by atoms with Crippen molar-refractivity contribution in [3.63, 3.8) is 0 Å². The van der Waals surface area contributed by atoms with Crippen molar-refractivity contribution in [2.45, 2.75) is 6.29 Å². The fourth-order valence-electron chi connectivity index (χ4n) is 2.60. The summed E-state index contributed by atoms with van der Waals surface area (Å²) in [5.41, 5.74) is 2.09. The number of methoxy groups -OCH3 is 2. The number of hydrogen-bond acceptors (Lipinski definition) is 4. The Bertz CT molecular complexity index is 702. The zero-order chi connectivity index (χ0) is 15.7. The summed E-state index contributed by atoms with van der Waals surface area (Å²) in [5, 5.41) is 0. The molecule has 2 aromatic carbocycles. The monoisotopic (exact) mass is 297 g/mol. The number of fused-ring (bicyclic) bond motifs is 1. The van der Waals surface area contributed by atoms with Crippen molar-refractivity contribution in [1.29, 1.82) is 0 Å². The molecule has 5 nitrogen and oxygen atoms in total. The Labute approximate surface area is 128 Å². The van der Waals surface area contributed by atoms with E-state index in [2.05, 4.69) is 0 Å². The maximum Gasteiger partial charge on any atom is 0.266 e. The second-order valence-corrected chi connectivity index (χ2v) is 4.89. The van der Waals surface area contributed by atoms with Gasteiger partial charge in [-0.2, -0.15) is 0 Å². The largest absolute Gasteiger partial charge is 0.352 e. The molecule has 0 spiro atoms. The van der Waals surface area contributed by atoms with Gasteiger partial charge in [0.05, 0.1) is 16.8 Å². The third-order valence-corrected chi connectivity index (χ3v) is 3.62. The zero-order valence-electron chi connectivity index (χ0n) is 12.3. The van der Waals surface area contributed by atoms with E-state index in [0.717, 1.165) is 5.56 Å². The number of amides is 2. The van der Waals surface area contributed by atoms with Crippen LogP contribution in [0.15, 0.2) is 48.5 Å². The molecular weight excluding hydrogens is 282 g/mol. The highest BCUT2D eigenvalue weighted by Crippen LogP contribution is 2.30. The molecule has 0 radical (unpaired) electrons. The molecule has 2 aromatic rings. The Balaban J connectivity index is 2.01. The lowest BCUT2D eigenvalue weighted by Gasteiger charge is -2.18. The number of carbonyl (C=O) groups is 2. The Morgan fingerprint density at radius 3 is 2.00 bits per heavy atom. The minimum atomic E-state index is -0.546. The molecule has 22 heavy (non-hydrogen) atoms. The van der Waals surface area contributed by atoms with Crippen molar-refractivity contribution in [2.75, 3.05) is 19.1 Å². The van der Waals surface area contributed by atoms with Gasteiger partial charge >= 0.3 is 0 Å². The number of carbonyl (C=O) groups excluding carboxylic acids is 2. The minimum Gasteiger partial charge on any atom is -0.352 e. The van der Waals surface area contributed by atoms with Gasteiger partial charge < -0.3 is 9.47 Å². The Morgan fingerprint density at radius 1 is 0.864 bits per heavy atom. The molecule has 1 heterocycles. The number of ether oxygens (including phenoxy) is 2. The molecule has 1 aliphatic rings. The van der Waals surface area contributed by atoms with Crippen molar-refractivity contribution in [3.05, 3.63) is 65.2 Å². The van der Waals surface area contributed by atoms with Gasteiger partial charge in [0.25, 0.3) is 11.8 Å². The summed E-state index contributed by atoms with van der Waals surface area (Å²) < 4.78 is 10.4. The van der Waals surface area contributed by atoms with Gasteiger partial charge in [-0.05, 0) is 24.3 Å². The summed E-state index contributed by atoms with van der Waals surface area (Å²) in [6.45, 7) is 0. The highest BCUT2D eigenvalue weighted by atomic mass is 16.7. The summed E-state index contributed by atoms with van der Waals surface area (Å²) in [6, 6.07) is 13.8. The molecule has 0 saturated carbocycles. The van der Waals surface area contributed by atoms with E-state index < -0.39 is 6.29 Å². The summed E-state index contributed by atoms with van der Waals surface area (Å²) in [5.74, 6) is -0.631. The number of hydrogen-bond donors (Lipinski definition) is 0. The van der Waals surface area contributed by atoms with Crippen LogP contribution in [0.3, 0.4) is 0 Å². The van der Waals surface area contributed by atoms with Crippen molar-refractivity contribution in [3.8, 4) is 0 Å². The lowest BCUT2D eigenvalue weighted by molar-refractivity contribution is -0.105. The molecule has 0 saturated heterocycles. The molecule has 1 aliphatic heterocycles. The predicted molar refractivity (Wildman–Crippen MR) is 80.8 cm³/mol. The Kier molecular flexibility index (Phi) is 3.75. The SMILES string of the molecule is COC(OC)c1cccc(N2C(=O)c3ccccc3C2=O)c1. The zero-order valence-corrected chi connectivity index (χ0v) is 12.3. The highest BCUT2D eigenvalue weighted by molar-refractivity contribution is 6.34. The van der Waals surface area contributed by atoms with E-state index in [-0.39, 0.29) is 11.8 Å². The average Bonchev–Trinajstić information content (AvgIpc) is 2.81. The van der Waals surface area contributed by atoms with Gasteiger partial charge in [-0.3, -0.25) is 9.59 Å². The molecule has 2 amide bonds. The van der Waals surface area contributed by atoms with E-state index in [0.29, 0.717) is 16.8 Å². The van der Waals surface area contributed by atoms with Gasteiger partial charge in [-0.25, -0.2) is 4.90 Å². The maximum atomic E-state index is 12.5. The normalized spacial score (nSPS) is 13.9. The van der Waals surface area contributed by atoms with E-state index in [9.17, 15) is 9.59 Å². The fourth-order valence-corrected chi connectivity index (χ4v) is 2.60. The van der Waals surface area contributed by atoms with Gasteiger partial charge in [0.2, 0.25) is 0 Å². The molecule has 0 atom stereocenters. The average molecular weight is 297 g/mol. The van der Waals surface area contributed by atoms with Crippen molar-refractivity contribution >= 4 is 17.5 Å². The van der Waals surface area contributed by atoms with Crippen LogP contribution in [-0.4, -0.2) is 26.0 Å². The smallest absolute Gasteiger partial charge is 0.266 e. The third kappa shape index (κ3) is 2.20. The summed E-state index contributed by atoms with van der Waals surface area (Å²) in [6.07, 6.45) is -0.546. The van der Waals surface area contributed by atoms with E-state index in [1.165, 1.54) is 19.1 Å². The second-order valence-electron chi connectivity index (χ2n) is 4.89. The van der Waals surface area contributed by atoms with Crippen molar-refractivity contribution < 1.29 is 19.1 Å². The number of anilines is 1. The first kappa shape index (κ1) is 14.4. The number of nitrogens with zero attached hydrogens (tertiary/aromatic N) is 1. The number of benzene rings is 2. The van der Waals surface area contributed by atoms with Gasteiger partial charge in [0, 0.05) is 19.8 Å². The van der Waals surface area contributed by atoms with Crippen LogP contribution in [0.4, 0.5) is 5.69 Å². The number of rotatable bonds is 4. The van der Waals surface area contributed by atoms with Crippen LogP contribution in [0.1, 0.15) is 32.6 Å². The first-order chi connectivity index (χ1) is 10.7. The standard InChI is InChI=1S/C17H15NO4/c1-21-17(22-2)11-6-5-7-12(10-11)18-15(19)13-8-3-4-9-14(13)16(18)20/h3-10,17H,1-2H3. The lowest BCUT2D eigenvalue weighted by Crippen LogP contribution is -2.29. The predicted octanol–water partition coefficient (Wildman–Crippen LogP) is 2.78. The highest BCUT2D eigenvalue weighted by Gasteiger charge is 2.36. The quantitative estimate of drug-likeness (QED) is 0.643. The molecular formula is C17H15NO4. The van der Waals surface area contributed by atoms with Crippen molar-refractivity contribution in [1.82, 2.24) is 0 Å². The van der Waals surface area contributed by atoms with E-state index in [1.54, 1.807) is 42.5 Å². The molecule has 0 bridgehead atoms. The summed E-state index contributed by atoms with van der Waals surface area (Å²) in [7, 11) is 3.06. The molecule has 112 valence electrons. The van der Waals surface area contributed by atoms with Crippen LogP contribution in [-0.2, 0) is 9.47 Å². The van der Waals surface area contributed by atoms with E-state index in [4.69, 9.17) is 9.47 Å². The first-order valence-corrected chi connectivity index (χ1v) is 6.80. The van der Waals surface area contributed by atoms with Crippen LogP contribution in [0.2, 0.25) is 0 Å². The topological polar surface area (TPSA) is 55.8 Å². The maximum absolute atomic E-state index is 12.5. The summed E-state index contributed by atoms with van der Waals surface area (Å²) in [4.78, 5) is 26.1. The van der Waals surface area contributed by atoms with Crippen LogP contribution < -0.4 is 4.90 Å². The van der Waals surface area contributed by atoms with Gasteiger partial charge in [0.1, 0.15) is 0 Å². The Hall–Kier alpha value is -2.50. The summed E-state index contributed by atoms with van der Waals surface area (Å²) >= 11 is 0. The van der Waals surface area contributed by atoms with Gasteiger partial charge in [-0.1, -0.05) is 24.3 Å². The molecule has 5 heteroatoms. The van der Waals surface area contributed by atoms with Crippen LogP contribution in [0.25, 0.3) is 0 Å². The fraction of sp³-hybridized carbons (Fsp3) is 0.176. The van der Waals surface area contributed by atoms with Crippen molar-refractivity contribution in [2.24, 2.45) is 0 Å². The van der Waals surface area contributed by atoms with Crippen LogP contribution >= 0.6 is 0 Å². The van der Waals surface area contributed by atoms with Crippen LogP contribution in [0.5, 0.6) is 0 Å². The molecule has 0 aliphatic carbocycles. The molecule has 0 N–H and O–H groups in total. The van der Waals surface area contributed by atoms with Gasteiger partial charge in [0.15, 0.2) is 6.29 Å². The van der Waals surface area contributed by atoms with Crippen LogP contribution in [0, 0.1) is 0 Å². The number of imide groups is 1. The van der Waals surface area contributed by atoms with Gasteiger partial charge in [-0.15, -0.1) is 0 Å². The minimum absolute atomic E-state index is 0.316. The molecule has 0 unspecified atom stereocenters. The molecule has 3 rings (SSSR count). The van der Waals surface area contributed by atoms with E-state index in [1.807, 2.05) is 6.07 Å². The lowest BCUT2D eigenvalue weighted by atomic mass is 10.1.